The van der Waals surface area contributed by atoms with Gasteiger partial charge < -0.3 is 40.2 Å². The summed E-state index contributed by atoms with van der Waals surface area (Å²) >= 11 is 0. The monoisotopic (exact) mass is 706 g/mol. The van der Waals surface area contributed by atoms with Crippen molar-refractivity contribution in [1.82, 2.24) is 31.0 Å². The van der Waals surface area contributed by atoms with Crippen molar-refractivity contribution in [2.24, 2.45) is 0 Å². The summed E-state index contributed by atoms with van der Waals surface area (Å²) in [7, 11) is 0. The fraction of sp³-hybridized carbons (Fsp3) is 0.303. The number of aromatic nitrogens is 2. The zero-order chi connectivity index (χ0) is 36.6. The molecule has 3 aromatic rings. The van der Waals surface area contributed by atoms with E-state index in [1.54, 1.807) is 23.0 Å². The first-order valence-corrected chi connectivity index (χ1v) is 15.4. The molecule has 51 heavy (non-hydrogen) atoms. The van der Waals surface area contributed by atoms with Crippen LogP contribution in [0.5, 0.6) is 0 Å². The molecule has 268 valence electrons. The van der Waals surface area contributed by atoms with Gasteiger partial charge in [-0.2, -0.15) is 5.10 Å². The van der Waals surface area contributed by atoms with Crippen LogP contribution in [0.3, 0.4) is 0 Å². The van der Waals surface area contributed by atoms with E-state index in [1.807, 2.05) is 48.7 Å². The number of carbonyl (C=O) groups excluding carboxylic acids is 8. The zero-order valence-electron chi connectivity index (χ0n) is 27.1. The van der Waals surface area contributed by atoms with E-state index in [-0.39, 0.29) is 6.42 Å². The Morgan fingerprint density at radius 2 is 1.08 bits per heavy atom. The van der Waals surface area contributed by atoms with Crippen LogP contribution in [0, 0.1) is 0 Å². The normalized spacial score (nSPS) is 18.0. The molecule has 1 aliphatic rings. The Morgan fingerprint density at radius 1 is 0.588 bits per heavy atom. The third kappa shape index (κ3) is 13.1. The summed E-state index contributed by atoms with van der Waals surface area (Å²) in [5.74, 6) is -7.56. The average Bonchev–Trinajstić information content (AvgIpc) is 3.60. The quantitative estimate of drug-likeness (QED) is 0.169. The van der Waals surface area contributed by atoms with Crippen LogP contribution >= 0.6 is 0 Å². The molecule has 4 rings (SSSR count). The number of carbonyl (C=O) groups is 8. The minimum absolute atomic E-state index is 0.0798. The van der Waals surface area contributed by atoms with Gasteiger partial charge in [-0.3, -0.25) is 38.2 Å². The Bertz CT molecular complexity index is 1740. The van der Waals surface area contributed by atoms with Crippen LogP contribution in [-0.4, -0.2) is 109 Å². The second-order valence-corrected chi connectivity index (χ2v) is 10.9. The van der Waals surface area contributed by atoms with Crippen LogP contribution in [0.25, 0.3) is 11.1 Å². The third-order valence-electron chi connectivity index (χ3n) is 6.90. The number of hydrogen-bond acceptors (Lipinski definition) is 13. The van der Waals surface area contributed by atoms with Gasteiger partial charge in [-0.05, 0) is 16.7 Å². The minimum Gasteiger partial charge on any atom is -0.454 e. The van der Waals surface area contributed by atoms with Crippen molar-refractivity contribution in [2.45, 2.75) is 19.0 Å². The summed E-state index contributed by atoms with van der Waals surface area (Å²) in [6, 6.07) is 15.6. The van der Waals surface area contributed by atoms with Crippen molar-refractivity contribution in [1.29, 1.82) is 0 Å². The first kappa shape index (κ1) is 37.2. The smallest absolute Gasteiger partial charge is 0.329 e. The molecule has 0 radical (unpaired) electrons. The van der Waals surface area contributed by atoms with Gasteiger partial charge in [0, 0.05) is 18.2 Å². The Kier molecular flexibility index (Phi) is 13.7. The number of cyclic esters (lactones) is 4. The lowest BCUT2D eigenvalue weighted by Crippen LogP contribution is -2.46. The van der Waals surface area contributed by atoms with Gasteiger partial charge in [-0.15, -0.1) is 0 Å². The molecule has 4 amide bonds. The van der Waals surface area contributed by atoms with Gasteiger partial charge in [0.05, 0.1) is 12.7 Å². The van der Waals surface area contributed by atoms with Gasteiger partial charge in [-0.25, -0.2) is 4.79 Å². The number of rotatable bonds is 5. The molecule has 18 nitrogen and oxygen atoms in total. The SMILES string of the molecule is O=C1COC(=O)CNC(=O)COC(=O)C(Cc2ccc(Cn3cc(-c4ccccc4)cn3)cc2)NC(=O)COC(=O)CNC(=O)COC(=O)CN1. The van der Waals surface area contributed by atoms with E-state index in [9.17, 15) is 38.4 Å². The molecular formula is C33H34N6O12. The van der Waals surface area contributed by atoms with Gasteiger partial charge in [0.1, 0.15) is 25.7 Å². The van der Waals surface area contributed by atoms with Crippen LogP contribution in [0.4, 0.5) is 0 Å². The molecule has 0 spiro atoms. The fourth-order valence-electron chi connectivity index (χ4n) is 4.36. The lowest BCUT2D eigenvalue weighted by Gasteiger charge is -2.18. The lowest BCUT2D eigenvalue weighted by atomic mass is 10.0. The molecule has 1 fully saturated rings. The van der Waals surface area contributed by atoms with Gasteiger partial charge in [0.25, 0.3) is 23.6 Å². The largest absolute Gasteiger partial charge is 0.454 e. The highest BCUT2D eigenvalue weighted by atomic mass is 16.6. The Balaban J connectivity index is 1.38. The number of benzene rings is 2. The molecule has 0 aliphatic carbocycles. The first-order chi connectivity index (χ1) is 24.5. The third-order valence-corrected chi connectivity index (χ3v) is 6.90. The van der Waals surface area contributed by atoms with Gasteiger partial charge in [0.2, 0.25) is 0 Å². The topological polar surface area (TPSA) is 239 Å². The van der Waals surface area contributed by atoms with E-state index in [0.29, 0.717) is 12.1 Å². The Morgan fingerprint density at radius 3 is 1.63 bits per heavy atom. The minimum atomic E-state index is -1.34. The summed E-state index contributed by atoms with van der Waals surface area (Å²) in [6.45, 7) is -4.79. The Hall–Kier alpha value is -6.59. The predicted molar refractivity (Wildman–Crippen MR) is 172 cm³/mol. The van der Waals surface area contributed by atoms with E-state index in [2.05, 4.69) is 31.1 Å². The lowest BCUT2D eigenvalue weighted by molar-refractivity contribution is -0.154. The maximum Gasteiger partial charge on any atom is 0.329 e. The molecule has 4 N–H and O–H groups in total. The molecule has 2 aromatic carbocycles. The van der Waals surface area contributed by atoms with E-state index in [0.717, 1.165) is 16.7 Å². The van der Waals surface area contributed by atoms with Crippen LogP contribution in [0.15, 0.2) is 67.0 Å². The number of nitrogens with zero attached hydrogens (tertiary/aromatic N) is 2. The average molecular weight is 707 g/mol. The second kappa shape index (κ2) is 18.8. The molecule has 1 unspecified atom stereocenters. The van der Waals surface area contributed by atoms with Crippen molar-refractivity contribution in [3.8, 4) is 11.1 Å². The molecule has 2 heterocycles. The molecule has 0 saturated carbocycles. The molecule has 0 bridgehead atoms. The first-order valence-electron chi connectivity index (χ1n) is 15.4. The molecule has 1 atom stereocenters. The van der Waals surface area contributed by atoms with Crippen LogP contribution in [-0.2, 0) is 70.3 Å². The number of esters is 4. The predicted octanol–water partition coefficient (Wildman–Crippen LogP) is -1.84. The second-order valence-electron chi connectivity index (χ2n) is 10.9. The van der Waals surface area contributed by atoms with Gasteiger partial charge in [-0.1, -0.05) is 54.6 Å². The molecule has 1 aromatic heterocycles. The van der Waals surface area contributed by atoms with E-state index in [4.69, 9.17) is 14.2 Å². The van der Waals surface area contributed by atoms with Crippen molar-refractivity contribution in [3.05, 3.63) is 78.1 Å². The van der Waals surface area contributed by atoms with Crippen LogP contribution in [0.1, 0.15) is 11.1 Å². The number of nitrogens with one attached hydrogen (secondary N) is 4. The number of hydrogen-bond donors (Lipinski definition) is 4. The Labute approximate surface area is 290 Å². The van der Waals surface area contributed by atoms with Crippen molar-refractivity contribution < 1.29 is 57.3 Å². The summed E-state index contributed by atoms with van der Waals surface area (Å²) in [6.07, 6.45) is 3.60. The highest BCUT2D eigenvalue weighted by molar-refractivity contribution is 5.90. The molecule has 18 heteroatoms. The summed E-state index contributed by atoms with van der Waals surface area (Å²) in [4.78, 5) is 97.3. The number of amides is 4. The summed E-state index contributed by atoms with van der Waals surface area (Å²) in [5, 5.41) is 13.2. The van der Waals surface area contributed by atoms with Crippen molar-refractivity contribution >= 4 is 47.5 Å². The highest BCUT2D eigenvalue weighted by Crippen LogP contribution is 2.18. The van der Waals surface area contributed by atoms with Crippen molar-refractivity contribution in [2.75, 3.05) is 46.1 Å². The van der Waals surface area contributed by atoms with Gasteiger partial charge in [0.15, 0.2) is 26.4 Å². The summed E-state index contributed by atoms with van der Waals surface area (Å²) in [5.41, 5.74) is 3.49. The maximum absolute atomic E-state index is 13.0. The van der Waals surface area contributed by atoms with E-state index in [1.165, 1.54) is 0 Å². The van der Waals surface area contributed by atoms with Crippen molar-refractivity contribution in [3.63, 3.8) is 0 Å². The molecule has 1 aliphatic heterocycles. The van der Waals surface area contributed by atoms with Crippen LogP contribution < -0.4 is 21.3 Å². The van der Waals surface area contributed by atoms with Crippen LogP contribution in [0.2, 0.25) is 0 Å². The summed E-state index contributed by atoms with van der Waals surface area (Å²) < 4.78 is 21.0. The molecular weight excluding hydrogens is 672 g/mol. The molecule has 1 saturated heterocycles. The van der Waals surface area contributed by atoms with E-state index >= 15 is 0 Å². The highest BCUT2D eigenvalue weighted by Gasteiger charge is 2.25. The fourth-order valence-corrected chi connectivity index (χ4v) is 4.36. The maximum atomic E-state index is 13.0. The zero-order valence-corrected chi connectivity index (χ0v) is 27.1. The number of ether oxygens (including phenoxy) is 4. The van der Waals surface area contributed by atoms with E-state index < -0.39 is 99.6 Å². The standard InChI is InChI=1S/C33H34N6O12/c40-26-17-49-31(45)13-36-28(42)19-51-33(47)25(38-29(43)20-50-32(46)14-35-27(41)18-48-30(44)12-34-26)10-21-6-8-22(9-7-21)15-39-16-24(11-37-39)23-4-2-1-3-5-23/h1-9,11,16,25H,10,12-15,17-20H2,(H,34,40)(H,35,41)(H,36,42)(H,38,43). The van der Waals surface area contributed by atoms with Gasteiger partial charge >= 0.3 is 23.9 Å².